The highest BCUT2D eigenvalue weighted by Crippen LogP contribution is 2.31. The largest absolute Gasteiger partial charge is 0.409 e. The predicted molar refractivity (Wildman–Crippen MR) is 57.5 cm³/mol. The summed E-state index contributed by atoms with van der Waals surface area (Å²) in [5.41, 5.74) is 5.38. The molecule has 86 valence electrons. The zero-order chi connectivity index (χ0) is 11.4. The lowest BCUT2D eigenvalue weighted by atomic mass is 9.97. The molecule has 0 aromatic heterocycles. The van der Waals surface area contributed by atoms with Crippen LogP contribution < -0.4 is 11.1 Å². The van der Waals surface area contributed by atoms with Gasteiger partial charge in [0.1, 0.15) is 0 Å². The van der Waals surface area contributed by atoms with Gasteiger partial charge in [0.15, 0.2) is 5.84 Å². The van der Waals surface area contributed by atoms with Crippen LogP contribution in [0.4, 0.5) is 0 Å². The van der Waals surface area contributed by atoms with E-state index in [4.69, 9.17) is 10.9 Å². The molecule has 0 aromatic carbocycles. The second kappa shape index (κ2) is 5.00. The summed E-state index contributed by atoms with van der Waals surface area (Å²) in [5, 5.41) is 14.1. The number of carbonyl (C=O) groups excluding carboxylic acids is 1. The van der Waals surface area contributed by atoms with Crippen LogP contribution in [0, 0.1) is 11.8 Å². The van der Waals surface area contributed by atoms with Crippen LogP contribution in [0.2, 0.25) is 0 Å². The maximum absolute atomic E-state index is 11.8. The first-order valence-electron chi connectivity index (χ1n) is 5.34. The van der Waals surface area contributed by atoms with Crippen molar-refractivity contribution in [2.75, 3.05) is 0 Å². The number of hydrogen-bond donors (Lipinski definition) is 3. The summed E-state index contributed by atoms with van der Waals surface area (Å²) in [6.45, 7) is 3.79. The van der Waals surface area contributed by atoms with Gasteiger partial charge in [0.05, 0.1) is 6.04 Å². The molecule has 1 saturated carbocycles. The van der Waals surface area contributed by atoms with Crippen molar-refractivity contribution in [1.29, 1.82) is 0 Å². The average molecular weight is 213 g/mol. The van der Waals surface area contributed by atoms with Gasteiger partial charge in [-0.1, -0.05) is 18.5 Å². The number of carbonyl (C=O) groups is 1. The minimum Gasteiger partial charge on any atom is -0.409 e. The molecule has 5 nitrogen and oxygen atoms in total. The molecule has 15 heavy (non-hydrogen) atoms. The molecule has 1 aliphatic carbocycles. The summed E-state index contributed by atoms with van der Waals surface area (Å²) in [4.78, 5) is 11.8. The lowest BCUT2D eigenvalue weighted by Crippen LogP contribution is -2.45. The highest BCUT2D eigenvalue weighted by Gasteiger charge is 2.30. The third-order valence-electron chi connectivity index (χ3n) is 3.12. The first-order valence-corrected chi connectivity index (χ1v) is 5.34. The van der Waals surface area contributed by atoms with Crippen molar-refractivity contribution in [3.63, 3.8) is 0 Å². The molecule has 4 N–H and O–H groups in total. The van der Waals surface area contributed by atoms with Crippen molar-refractivity contribution in [2.45, 2.75) is 39.2 Å². The minimum atomic E-state index is -0.407. The molecule has 1 rings (SSSR count). The summed E-state index contributed by atoms with van der Waals surface area (Å²) in [6, 6.07) is -0.407. The molecule has 0 heterocycles. The number of oxime groups is 1. The normalized spacial score (nSPS) is 28.8. The molecular formula is C10H19N3O2. The summed E-state index contributed by atoms with van der Waals surface area (Å²) >= 11 is 0. The summed E-state index contributed by atoms with van der Waals surface area (Å²) in [5.74, 6) is 0.566. The Bertz CT molecular complexity index is 265. The van der Waals surface area contributed by atoms with Crippen LogP contribution in [0.15, 0.2) is 5.16 Å². The zero-order valence-electron chi connectivity index (χ0n) is 9.23. The van der Waals surface area contributed by atoms with Gasteiger partial charge in [-0.3, -0.25) is 4.79 Å². The number of nitrogens with zero attached hydrogens (tertiary/aromatic N) is 1. The molecule has 3 unspecified atom stereocenters. The molecule has 3 atom stereocenters. The lowest BCUT2D eigenvalue weighted by Gasteiger charge is -2.18. The predicted octanol–water partition coefficient (Wildman–Crippen LogP) is 0.674. The Morgan fingerprint density at radius 1 is 1.60 bits per heavy atom. The van der Waals surface area contributed by atoms with E-state index in [1.165, 1.54) is 0 Å². The van der Waals surface area contributed by atoms with Crippen LogP contribution in [0.3, 0.4) is 0 Å². The fourth-order valence-electron chi connectivity index (χ4n) is 2.02. The van der Waals surface area contributed by atoms with Gasteiger partial charge in [0.25, 0.3) is 0 Å². The van der Waals surface area contributed by atoms with Crippen LogP contribution in [-0.2, 0) is 4.79 Å². The maximum atomic E-state index is 11.8. The van der Waals surface area contributed by atoms with E-state index in [0.29, 0.717) is 5.92 Å². The number of nitrogens with one attached hydrogen (secondary N) is 1. The smallest absolute Gasteiger partial charge is 0.223 e. The summed E-state index contributed by atoms with van der Waals surface area (Å²) in [6.07, 6.45) is 3.16. The van der Waals surface area contributed by atoms with Crippen molar-refractivity contribution < 1.29 is 10.0 Å². The molecule has 1 aliphatic rings. The van der Waals surface area contributed by atoms with Gasteiger partial charge < -0.3 is 16.3 Å². The Morgan fingerprint density at radius 2 is 2.27 bits per heavy atom. The minimum absolute atomic E-state index is 0.0131. The van der Waals surface area contributed by atoms with Crippen LogP contribution in [0.25, 0.3) is 0 Å². The SMILES string of the molecule is CC(NC(=O)C1CCCC1C)C(N)=NO. The van der Waals surface area contributed by atoms with Crippen molar-refractivity contribution in [2.24, 2.45) is 22.7 Å². The van der Waals surface area contributed by atoms with Gasteiger partial charge in [-0.25, -0.2) is 0 Å². The third kappa shape index (κ3) is 2.84. The van der Waals surface area contributed by atoms with Gasteiger partial charge in [0.2, 0.25) is 5.91 Å². The van der Waals surface area contributed by atoms with Crippen LogP contribution >= 0.6 is 0 Å². The Kier molecular flexibility index (Phi) is 3.94. The summed E-state index contributed by atoms with van der Waals surface area (Å²) < 4.78 is 0. The molecule has 0 saturated heterocycles. The highest BCUT2D eigenvalue weighted by atomic mass is 16.4. The Labute approximate surface area is 89.7 Å². The van der Waals surface area contributed by atoms with E-state index in [-0.39, 0.29) is 17.7 Å². The second-order valence-corrected chi connectivity index (χ2v) is 4.27. The van der Waals surface area contributed by atoms with Crippen molar-refractivity contribution >= 4 is 11.7 Å². The molecule has 0 bridgehead atoms. The Morgan fingerprint density at radius 3 is 2.73 bits per heavy atom. The highest BCUT2D eigenvalue weighted by molar-refractivity contribution is 5.90. The van der Waals surface area contributed by atoms with E-state index < -0.39 is 6.04 Å². The van der Waals surface area contributed by atoms with Crippen molar-refractivity contribution in [3.05, 3.63) is 0 Å². The van der Waals surface area contributed by atoms with Crippen LogP contribution in [0.1, 0.15) is 33.1 Å². The number of nitrogens with two attached hydrogens (primary N) is 1. The third-order valence-corrected chi connectivity index (χ3v) is 3.12. The zero-order valence-corrected chi connectivity index (χ0v) is 9.23. The van der Waals surface area contributed by atoms with Gasteiger partial charge in [-0.15, -0.1) is 0 Å². The monoisotopic (exact) mass is 213 g/mol. The molecule has 5 heteroatoms. The quantitative estimate of drug-likeness (QED) is 0.279. The molecule has 0 aromatic rings. The topological polar surface area (TPSA) is 87.7 Å². The van der Waals surface area contributed by atoms with E-state index in [0.717, 1.165) is 19.3 Å². The van der Waals surface area contributed by atoms with Crippen molar-refractivity contribution in [3.8, 4) is 0 Å². The molecule has 0 spiro atoms. The second-order valence-electron chi connectivity index (χ2n) is 4.27. The Hall–Kier alpha value is -1.26. The first-order chi connectivity index (χ1) is 7.06. The van der Waals surface area contributed by atoms with Crippen molar-refractivity contribution in [1.82, 2.24) is 5.32 Å². The lowest BCUT2D eigenvalue weighted by molar-refractivity contribution is -0.126. The van der Waals surface area contributed by atoms with E-state index in [9.17, 15) is 4.79 Å². The molecule has 1 amide bonds. The van der Waals surface area contributed by atoms with Gasteiger partial charge in [0, 0.05) is 5.92 Å². The van der Waals surface area contributed by atoms with E-state index in [2.05, 4.69) is 17.4 Å². The molecule has 0 aliphatic heterocycles. The Balaban J connectivity index is 2.48. The van der Waals surface area contributed by atoms with E-state index in [1.807, 2.05) is 0 Å². The fraction of sp³-hybridized carbons (Fsp3) is 0.800. The van der Waals surface area contributed by atoms with Crippen LogP contribution in [0.5, 0.6) is 0 Å². The number of rotatable bonds is 3. The van der Waals surface area contributed by atoms with Crippen LogP contribution in [-0.4, -0.2) is 23.0 Å². The molecule has 0 radical (unpaired) electrons. The number of amides is 1. The van der Waals surface area contributed by atoms with Gasteiger partial charge in [-0.05, 0) is 25.7 Å². The first kappa shape index (κ1) is 11.8. The molecular weight excluding hydrogens is 194 g/mol. The average Bonchev–Trinajstić information content (AvgIpc) is 2.63. The van der Waals surface area contributed by atoms with Gasteiger partial charge in [-0.2, -0.15) is 0 Å². The number of hydrogen-bond acceptors (Lipinski definition) is 3. The van der Waals surface area contributed by atoms with E-state index >= 15 is 0 Å². The van der Waals surface area contributed by atoms with Gasteiger partial charge >= 0.3 is 0 Å². The fourth-order valence-corrected chi connectivity index (χ4v) is 2.02. The summed E-state index contributed by atoms with van der Waals surface area (Å²) in [7, 11) is 0. The number of amidine groups is 1. The molecule has 1 fully saturated rings. The van der Waals surface area contributed by atoms with E-state index in [1.54, 1.807) is 6.92 Å². The standard InChI is InChI=1S/C10H19N3O2/c1-6-4-3-5-8(6)10(14)12-7(2)9(11)13-15/h6-8,15H,3-5H2,1-2H3,(H2,11,13)(H,12,14). The maximum Gasteiger partial charge on any atom is 0.223 e.